The quantitative estimate of drug-likeness (QED) is 0.683. The molecule has 0 atom stereocenters. The van der Waals surface area contributed by atoms with Crippen LogP contribution in [0.2, 0.25) is 0 Å². The van der Waals surface area contributed by atoms with Gasteiger partial charge in [-0.15, -0.1) is 0 Å². The van der Waals surface area contributed by atoms with Crippen LogP contribution in [0, 0.1) is 0 Å². The molecular weight excluding hydrogens is 200 g/mol. The van der Waals surface area contributed by atoms with Crippen molar-refractivity contribution in [2.45, 2.75) is 38.5 Å². The van der Waals surface area contributed by atoms with E-state index in [9.17, 15) is 4.79 Å². The summed E-state index contributed by atoms with van der Waals surface area (Å²) < 4.78 is 0. The summed E-state index contributed by atoms with van der Waals surface area (Å²) in [4.78, 5) is 15.6. The Bertz CT molecular complexity index is 298. The lowest BCUT2D eigenvalue weighted by Crippen LogP contribution is -2.03. The number of nitrogens with zero attached hydrogens (tertiary/aromatic N) is 1. The van der Waals surface area contributed by atoms with Crippen LogP contribution in [0.5, 0.6) is 0 Å². The molecule has 0 bridgehead atoms. The Kier molecular flexibility index (Phi) is 6.42. The van der Waals surface area contributed by atoms with E-state index in [0.717, 1.165) is 37.8 Å². The number of aromatic nitrogens is 1. The molecule has 0 saturated carbocycles. The molecule has 0 fully saturated rings. The molecule has 0 aliphatic heterocycles. The van der Waals surface area contributed by atoms with Crippen molar-refractivity contribution in [2.75, 3.05) is 6.54 Å². The highest BCUT2D eigenvalue weighted by Gasteiger charge is 2.03. The highest BCUT2D eigenvalue weighted by molar-refractivity contribution is 5.80. The maximum absolute atomic E-state index is 11.6. The summed E-state index contributed by atoms with van der Waals surface area (Å²) in [6.07, 6.45) is 8.97. The summed E-state index contributed by atoms with van der Waals surface area (Å²) in [7, 11) is 0. The maximum Gasteiger partial charge on any atom is 0.137 e. The molecule has 3 heteroatoms. The zero-order valence-electron chi connectivity index (χ0n) is 9.69. The number of nitrogens with two attached hydrogens (primary N) is 1. The molecule has 0 spiro atoms. The van der Waals surface area contributed by atoms with Gasteiger partial charge in [0.25, 0.3) is 0 Å². The fourth-order valence-corrected chi connectivity index (χ4v) is 1.64. The van der Waals surface area contributed by atoms with Crippen molar-refractivity contribution in [1.82, 2.24) is 4.98 Å². The van der Waals surface area contributed by atoms with Gasteiger partial charge in [-0.3, -0.25) is 9.78 Å². The Morgan fingerprint density at radius 1 is 1.25 bits per heavy atom. The molecule has 0 unspecified atom stereocenters. The van der Waals surface area contributed by atoms with Gasteiger partial charge in [-0.25, -0.2) is 0 Å². The number of pyridine rings is 1. The number of carbonyl (C=O) groups is 1. The summed E-state index contributed by atoms with van der Waals surface area (Å²) in [6.45, 7) is 0.754. The van der Waals surface area contributed by atoms with Crippen molar-refractivity contribution in [3.8, 4) is 0 Å². The number of carbonyl (C=O) groups excluding carboxylic acids is 1. The summed E-state index contributed by atoms with van der Waals surface area (Å²) in [5.74, 6) is 0.306. The molecule has 1 rings (SSSR count). The second kappa shape index (κ2) is 7.99. The van der Waals surface area contributed by atoms with Crippen LogP contribution in [0.15, 0.2) is 24.5 Å². The molecule has 0 radical (unpaired) electrons. The van der Waals surface area contributed by atoms with E-state index < -0.39 is 0 Å². The third-order valence-electron chi connectivity index (χ3n) is 2.53. The minimum atomic E-state index is 0.306. The van der Waals surface area contributed by atoms with E-state index in [1.165, 1.54) is 0 Å². The molecule has 2 N–H and O–H groups in total. The van der Waals surface area contributed by atoms with Gasteiger partial charge in [-0.05, 0) is 31.0 Å². The summed E-state index contributed by atoms with van der Waals surface area (Å²) in [5, 5.41) is 0. The normalized spacial score (nSPS) is 10.3. The topological polar surface area (TPSA) is 56.0 Å². The minimum absolute atomic E-state index is 0.306. The fourth-order valence-electron chi connectivity index (χ4n) is 1.64. The lowest BCUT2D eigenvalue weighted by atomic mass is 10.0. The average Bonchev–Trinajstić information content (AvgIpc) is 2.30. The van der Waals surface area contributed by atoms with E-state index in [2.05, 4.69) is 4.98 Å². The van der Waals surface area contributed by atoms with Gasteiger partial charge in [-0.1, -0.05) is 18.9 Å². The molecular formula is C13H20N2O. The van der Waals surface area contributed by atoms with Crippen molar-refractivity contribution in [3.63, 3.8) is 0 Å². The molecule has 0 amide bonds. The molecule has 1 heterocycles. The Morgan fingerprint density at radius 3 is 2.75 bits per heavy atom. The van der Waals surface area contributed by atoms with Crippen LogP contribution in [0.4, 0.5) is 0 Å². The Morgan fingerprint density at radius 2 is 2.06 bits per heavy atom. The first-order valence-corrected chi connectivity index (χ1v) is 5.93. The van der Waals surface area contributed by atoms with E-state index in [1.807, 2.05) is 12.1 Å². The monoisotopic (exact) mass is 220 g/mol. The maximum atomic E-state index is 11.6. The number of unbranched alkanes of at least 4 members (excludes halogenated alkanes) is 3. The smallest absolute Gasteiger partial charge is 0.137 e. The Balaban J connectivity index is 2.12. The van der Waals surface area contributed by atoms with E-state index in [0.29, 0.717) is 18.6 Å². The second-order valence-electron chi connectivity index (χ2n) is 4.03. The van der Waals surface area contributed by atoms with Gasteiger partial charge in [-0.2, -0.15) is 0 Å². The van der Waals surface area contributed by atoms with E-state index in [4.69, 9.17) is 5.73 Å². The first kappa shape index (κ1) is 12.8. The van der Waals surface area contributed by atoms with Crippen LogP contribution in [0.3, 0.4) is 0 Å². The number of rotatable bonds is 8. The Labute approximate surface area is 97.1 Å². The van der Waals surface area contributed by atoms with Crippen molar-refractivity contribution < 1.29 is 4.79 Å². The van der Waals surface area contributed by atoms with Gasteiger partial charge in [0, 0.05) is 25.2 Å². The second-order valence-corrected chi connectivity index (χ2v) is 4.03. The van der Waals surface area contributed by atoms with Crippen molar-refractivity contribution in [3.05, 3.63) is 30.1 Å². The SMILES string of the molecule is NCCCCCCC(=O)Cc1cccnc1. The van der Waals surface area contributed by atoms with Gasteiger partial charge in [0.05, 0.1) is 0 Å². The number of hydrogen-bond acceptors (Lipinski definition) is 3. The summed E-state index contributed by atoms with van der Waals surface area (Å²) in [5.41, 5.74) is 6.41. The largest absolute Gasteiger partial charge is 0.330 e. The van der Waals surface area contributed by atoms with Crippen molar-refractivity contribution in [2.24, 2.45) is 5.73 Å². The lowest BCUT2D eigenvalue weighted by molar-refractivity contribution is -0.118. The predicted octanol–water partition coefficient (Wildman–Crippen LogP) is 2.10. The van der Waals surface area contributed by atoms with Gasteiger partial charge in [0.2, 0.25) is 0 Å². The van der Waals surface area contributed by atoms with Crippen LogP contribution in [-0.2, 0) is 11.2 Å². The number of ketones is 1. The molecule has 16 heavy (non-hydrogen) atoms. The standard InChI is InChI=1S/C13H20N2O/c14-8-4-2-1-3-7-13(16)10-12-6-5-9-15-11-12/h5-6,9,11H,1-4,7-8,10,14H2. The van der Waals surface area contributed by atoms with Crippen LogP contribution < -0.4 is 5.73 Å². The molecule has 0 saturated heterocycles. The van der Waals surface area contributed by atoms with Gasteiger partial charge in [0.1, 0.15) is 5.78 Å². The molecule has 0 aliphatic rings. The highest BCUT2D eigenvalue weighted by atomic mass is 16.1. The zero-order valence-corrected chi connectivity index (χ0v) is 9.69. The van der Waals surface area contributed by atoms with Crippen LogP contribution in [0.1, 0.15) is 37.7 Å². The zero-order chi connectivity index (χ0) is 11.6. The van der Waals surface area contributed by atoms with Crippen LogP contribution in [0.25, 0.3) is 0 Å². The minimum Gasteiger partial charge on any atom is -0.330 e. The molecule has 0 aliphatic carbocycles. The lowest BCUT2D eigenvalue weighted by Gasteiger charge is -2.01. The highest BCUT2D eigenvalue weighted by Crippen LogP contribution is 2.06. The van der Waals surface area contributed by atoms with Crippen molar-refractivity contribution in [1.29, 1.82) is 0 Å². The number of Topliss-reactive ketones (excluding diaryl/α,β-unsaturated/α-hetero) is 1. The summed E-state index contributed by atoms with van der Waals surface area (Å²) in [6, 6.07) is 3.81. The molecule has 3 nitrogen and oxygen atoms in total. The van der Waals surface area contributed by atoms with Crippen molar-refractivity contribution >= 4 is 5.78 Å². The van der Waals surface area contributed by atoms with E-state index in [1.54, 1.807) is 12.4 Å². The predicted molar refractivity (Wildman–Crippen MR) is 65.1 cm³/mol. The Hall–Kier alpha value is -1.22. The van der Waals surface area contributed by atoms with Gasteiger partial charge in [0.15, 0.2) is 0 Å². The third-order valence-corrected chi connectivity index (χ3v) is 2.53. The average molecular weight is 220 g/mol. The van der Waals surface area contributed by atoms with Crippen LogP contribution >= 0.6 is 0 Å². The van der Waals surface area contributed by atoms with Gasteiger partial charge < -0.3 is 5.73 Å². The fraction of sp³-hybridized carbons (Fsp3) is 0.538. The molecule has 88 valence electrons. The van der Waals surface area contributed by atoms with Gasteiger partial charge >= 0.3 is 0 Å². The third kappa shape index (κ3) is 5.61. The molecule has 1 aromatic heterocycles. The first-order valence-electron chi connectivity index (χ1n) is 5.93. The molecule has 1 aromatic rings. The van der Waals surface area contributed by atoms with E-state index >= 15 is 0 Å². The van der Waals surface area contributed by atoms with E-state index in [-0.39, 0.29) is 0 Å². The first-order chi connectivity index (χ1) is 7.83. The van der Waals surface area contributed by atoms with Crippen LogP contribution in [-0.4, -0.2) is 17.3 Å². The summed E-state index contributed by atoms with van der Waals surface area (Å²) >= 11 is 0. The number of hydrogen-bond donors (Lipinski definition) is 1. The molecule has 0 aromatic carbocycles.